The van der Waals surface area contributed by atoms with Crippen molar-refractivity contribution >= 4 is 15.7 Å². The van der Waals surface area contributed by atoms with Gasteiger partial charge in [-0.3, -0.25) is 4.79 Å². The molecule has 1 amide bonds. The van der Waals surface area contributed by atoms with E-state index in [0.717, 1.165) is 12.1 Å². The second-order valence-corrected chi connectivity index (χ2v) is 10.1. The van der Waals surface area contributed by atoms with E-state index >= 15 is 0 Å². The molecule has 136 valence electrons. The SMILES string of the molecule is Cc1ccnc(OC[C@@H]2CCS(=O)(=O)C23CN(C(=O)[C@@H]2C[C@H]2C)C3)n1. The third-order valence-corrected chi connectivity index (χ3v) is 8.54. The number of rotatable bonds is 4. The molecular formula is C17H23N3O4S. The lowest BCUT2D eigenvalue weighted by Gasteiger charge is -2.49. The molecule has 3 heterocycles. The van der Waals surface area contributed by atoms with E-state index in [4.69, 9.17) is 4.74 Å². The molecule has 1 aliphatic carbocycles. The maximum absolute atomic E-state index is 12.6. The first-order valence-electron chi connectivity index (χ1n) is 8.76. The van der Waals surface area contributed by atoms with E-state index in [1.165, 1.54) is 0 Å². The van der Waals surface area contributed by atoms with Gasteiger partial charge in [0.25, 0.3) is 0 Å². The Morgan fingerprint density at radius 1 is 1.44 bits per heavy atom. The van der Waals surface area contributed by atoms with Crippen molar-refractivity contribution in [1.82, 2.24) is 14.9 Å². The van der Waals surface area contributed by atoms with Crippen LogP contribution in [0.2, 0.25) is 0 Å². The number of hydrogen-bond donors (Lipinski definition) is 0. The summed E-state index contributed by atoms with van der Waals surface area (Å²) in [6, 6.07) is 2.06. The molecule has 0 unspecified atom stereocenters. The number of nitrogens with zero attached hydrogens (tertiary/aromatic N) is 3. The zero-order valence-electron chi connectivity index (χ0n) is 14.5. The predicted octanol–water partition coefficient (Wildman–Crippen LogP) is 0.836. The molecule has 4 rings (SSSR count). The van der Waals surface area contributed by atoms with Gasteiger partial charge in [0, 0.05) is 36.8 Å². The summed E-state index contributed by atoms with van der Waals surface area (Å²) in [5, 5.41) is 0. The largest absolute Gasteiger partial charge is 0.463 e. The first kappa shape index (κ1) is 16.8. The first-order valence-corrected chi connectivity index (χ1v) is 10.4. The van der Waals surface area contributed by atoms with Gasteiger partial charge in [0.15, 0.2) is 9.84 Å². The summed E-state index contributed by atoms with van der Waals surface area (Å²) < 4.78 is 30.1. The van der Waals surface area contributed by atoms with Gasteiger partial charge in [0.2, 0.25) is 5.91 Å². The van der Waals surface area contributed by atoms with E-state index in [1.54, 1.807) is 17.2 Å². The van der Waals surface area contributed by atoms with Crippen molar-refractivity contribution < 1.29 is 17.9 Å². The van der Waals surface area contributed by atoms with Crippen molar-refractivity contribution in [2.24, 2.45) is 17.8 Å². The topological polar surface area (TPSA) is 89.5 Å². The van der Waals surface area contributed by atoms with E-state index in [9.17, 15) is 13.2 Å². The average Bonchev–Trinajstić information content (AvgIpc) is 3.17. The van der Waals surface area contributed by atoms with Crippen LogP contribution in [0, 0.1) is 24.7 Å². The molecule has 1 aromatic heterocycles. The van der Waals surface area contributed by atoms with Crippen LogP contribution in [0.4, 0.5) is 0 Å². The lowest BCUT2D eigenvalue weighted by Crippen LogP contribution is -2.69. The van der Waals surface area contributed by atoms with Gasteiger partial charge in [-0.1, -0.05) is 6.92 Å². The Morgan fingerprint density at radius 2 is 2.16 bits per heavy atom. The maximum Gasteiger partial charge on any atom is 0.316 e. The summed E-state index contributed by atoms with van der Waals surface area (Å²) in [5.74, 6) is 0.681. The number of likely N-dealkylation sites (tertiary alicyclic amines) is 1. The molecule has 0 radical (unpaired) electrons. The number of carbonyl (C=O) groups excluding carboxylic acids is 1. The van der Waals surface area contributed by atoms with Gasteiger partial charge in [-0.25, -0.2) is 18.4 Å². The third-order valence-electron chi connectivity index (χ3n) is 5.94. The third kappa shape index (κ3) is 2.70. The van der Waals surface area contributed by atoms with Crippen molar-refractivity contribution in [2.75, 3.05) is 25.4 Å². The summed E-state index contributed by atoms with van der Waals surface area (Å²) in [6.07, 6.45) is 3.11. The van der Waals surface area contributed by atoms with Gasteiger partial charge < -0.3 is 9.64 Å². The Morgan fingerprint density at radius 3 is 2.80 bits per heavy atom. The molecular weight excluding hydrogens is 342 g/mol. The fraction of sp³-hybridized carbons (Fsp3) is 0.706. The van der Waals surface area contributed by atoms with Crippen LogP contribution < -0.4 is 4.74 Å². The fourth-order valence-electron chi connectivity index (χ4n) is 4.03. The molecule has 8 heteroatoms. The number of hydrogen-bond acceptors (Lipinski definition) is 6. The zero-order chi connectivity index (χ0) is 17.8. The number of carbonyl (C=O) groups is 1. The normalized spacial score (nSPS) is 31.6. The van der Waals surface area contributed by atoms with Crippen LogP contribution in [-0.4, -0.2) is 59.4 Å². The second-order valence-electron chi connectivity index (χ2n) is 7.67. The lowest BCUT2D eigenvalue weighted by molar-refractivity contribution is -0.139. The Balaban J connectivity index is 1.44. The number of ether oxygens (including phenoxy) is 1. The highest BCUT2D eigenvalue weighted by atomic mass is 32.2. The smallest absolute Gasteiger partial charge is 0.316 e. The van der Waals surface area contributed by atoms with Crippen molar-refractivity contribution in [1.29, 1.82) is 0 Å². The van der Waals surface area contributed by atoms with E-state index < -0.39 is 14.6 Å². The summed E-state index contributed by atoms with van der Waals surface area (Å²) in [4.78, 5) is 22.3. The van der Waals surface area contributed by atoms with Crippen LogP contribution >= 0.6 is 0 Å². The van der Waals surface area contributed by atoms with Crippen molar-refractivity contribution in [3.8, 4) is 6.01 Å². The highest BCUT2D eigenvalue weighted by molar-refractivity contribution is 7.93. The molecule has 25 heavy (non-hydrogen) atoms. The van der Waals surface area contributed by atoms with Gasteiger partial charge >= 0.3 is 6.01 Å². The Hall–Kier alpha value is -1.70. The van der Waals surface area contributed by atoms with Crippen LogP contribution in [0.15, 0.2) is 12.3 Å². The molecule has 1 spiro atoms. The maximum atomic E-state index is 12.6. The van der Waals surface area contributed by atoms with Crippen LogP contribution in [-0.2, 0) is 14.6 Å². The highest BCUT2D eigenvalue weighted by Crippen LogP contribution is 2.47. The molecule has 0 bridgehead atoms. The van der Waals surface area contributed by atoms with Crippen molar-refractivity contribution in [3.05, 3.63) is 18.0 Å². The van der Waals surface area contributed by atoms with Crippen molar-refractivity contribution in [2.45, 2.75) is 31.4 Å². The van der Waals surface area contributed by atoms with Gasteiger partial charge in [0.05, 0.1) is 12.4 Å². The quantitative estimate of drug-likeness (QED) is 0.785. The van der Waals surface area contributed by atoms with E-state index in [2.05, 4.69) is 16.9 Å². The standard InChI is InChI=1S/C17H23N3O4S/c1-11-7-14(11)15(21)20-9-17(10-20)13(4-6-25(17,22)23)8-24-16-18-5-3-12(2)19-16/h3,5,11,13-14H,4,6-10H2,1-2H3/t11-,13+,14-/m1/s1. The van der Waals surface area contributed by atoms with Gasteiger partial charge in [-0.15, -0.1) is 0 Å². The molecule has 3 atom stereocenters. The monoisotopic (exact) mass is 365 g/mol. The van der Waals surface area contributed by atoms with Crippen LogP contribution in [0.25, 0.3) is 0 Å². The van der Waals surface area contributed by atoms with Gasteiger partial charge in [-0.05, 0) is 31.7 Å². The molecule has 2 saturated heterocycles. The predicted molar refractivity (Wildman–Crippen MR) is 90.7 cm³/mol. The van der Waals surface area contributed by atoms with Crippen LogP contribution in [0.3, 0.4) is 0 Å². The van der Waals surface area contributed by atoms with E-state index in [0.29, 0.717) is 25.4 Å². The number of sulfone groups is 1. The molecule has 1 saturated carbocycles. The van der Waals surface area contributed by atoms with E-state index in [-0.39, 0.29) is 36.1 Å². The zero-order valence-corrected chi connectivity index (χ0v) is 15.3. The molecule has 0 N–H and O–H groups in total. The second kappa shape index (κ2) is 5.65. The average molecular weight is 365 g/mol. The minimum Gasteiger partial charge on any atom is -0.463 e. The molecule has 0 aromatic carbocycles. The lowest BCUT2D eigenvalue weighted by atomic mass is 9.83. The minimum atomic E-state index is -3.21. The first-order chi connectivity index (χ1) is 11.8. The molecule has 3 fully saturated rings. The van der Waals surface area contributed by atoms with Crippen LogP contribution in [0.1, 0.15) is 25.5 Å². The fourth-order valence-corrected chi connectivity index (χ4v) is 6.43. The Kier molecular flexibility index (Phi) is 3.79. The van der Waals surface area contributed by atoms with E-state index in [1.807, 2.05) is 6.92 Å². The molecule has 1 aromatic rings. The minimum absolute atomic E-state index is 0.0943. The van der Waals surface area contributed by atoms with Crippen LogP contribution in [0.5, 0.6) is 6.01 Å². The summed E-state index contributed by atoms with van der Waals surface area (Å²) >= 11 is 0. The number of amides is 1. The molecule has 2 aliphatic heterocycles. The summed E-state index contributed by atoms with van der Waals surface area (Å²) in [7, 11) is -3.21. The number of aromatic nitrogens is 2. The highest BCUT2D eigenvalue weighted by Gasteiger charge is 2.63. The number of aryl methyl sites for hydroxylation is 1. The summed E-state index contributed by atoms with van der Waals surface area (Å²) in [6.45, 7) is 4.79. The molecule has 7 nitrogen and oxygen atoms in total. The summed E-state index contributed by atoms with van der Waals surface area (Å²) in [5.41, 5.74) is 0.803. The Bertz CT molecular complexity index is 804. The Labute approximate surface area is 147 Å². The van der Waals surface area contributed by atoms with Crippen molar-refractivity contribution in [3.63, 3.8) is 0 Å². The van der Waals surface area contributed by atoms with Gasteiger partial charge in [-0.2, -0.15) is 0 Å². The molecule has 3 aliphatic rings. The van der Waals surface area contributed by atoms with Gasteiger partial charge in [0.1, 0.15) is 4.75 Å².